The number of likely N-dealkylation sites (tertiary alicyclic amines) is 1. The molecule has 2 heterocycles. The van der Waals surface area contributed by atoms with Crippen LogP contribution in [0.4, 0.5) is 4.79 Å². The minimum atomic E-state index is -0.407. The Morgan fingerprint density at radius 2 is 1.54 bits per heavy atom. The summed E-state index contributed by atoms with van der Waals surface area (Å²) >= 11 is 14.7. The van der Waals surface area contributed by atoms with Crippen LogP contribution < -0.4 is 10.6 Å². The van der Waals surface area contributed by atoms with Crippen molar-refractivity contribution >= 4 is 52.0 Å². The van der Waals surface area contributed by atoms with Crippen molar-refractivity contribution in [1.29, 1.82) is 0 Å². The molecule has 8 nitrogen and oxygen atoms in total. The highest BCUT2D eigenvalue weighted by molar-refractivity contribution is 6.67. The second-order valence-electron chi connectivity index (χ2n) is 10.4. The lowest BCUT2D eigenvalue weighted by atomic mass is 10.2. The average molecular weight is 630 g/mol. The van der Waals surface area contributed by atoms with E-state index >= 15 is 0 Å². The fourth-order valence-corrected chi connectivity index (χ4v) is 4.09. The Morgan fingerprint density at radius 3 is 1.93 bits per heavy atom. The highest BCUT2D eigenvalue weighted by atomic mass is 35.5. The Labute approximate surface area is 259 Å². The van der Waals surface area contributed by atoms with Crippen molar-refractivity contribution in [3.05, 3.63) is 71.8 Å². The van der Waals surface area contributed by atoms with Gasteiger partial charge in [0, 0.05) is 49.9 Å². The van der Waals surface area contributed by atoms with E-state index in [1.807, 2.05) is 69.1 Å². The first-order chi connectivity index (χ1) is 19.4. The maximum absolute atomic E-state index is 12.0. The minimum Gasteiger partial charge on any atom is -0.444 e. The summed E-state index contributed by atoms with van der Waals surface area (Å²) in [5.74, 6) is 0.147. The molecular formula is C30H43Cl3N4O4. The van der Waals surface area contributed by atoms with Crippen molar-refractivity contribution in [2.45, 2.75) is 51.3 Å². The van der Waals surface area contributed by atoms with Crippen LogP contribution in [0.3, 0.4) is 0 Å². The molecular weight excluding hydrogens is 587 g/mol. The van der Waals surface area contributed by atoms with Crippen LogP contribution in [0.25, 0.3) is 0 Å². The quantitative estimate of drug-likeness (QED) is 0.327. The molecule has 0 saturated carbocycles. The van der Waals surface area contributed by atoms with E-state index in [1.54, 1.807) is 36.2 Å². The van der Waals surface area contributed by atoms with Gasteiger partial charge in [-0.15, -0.1) is 23.2 Å². The predicted octanol–water partition coefficient (Wildman–Crippen LogP) is 5.82. The summed E-state index contributed by atoms with van der Waals surface area (Å²) in [6.07, 6.45) is 1.83. The van der Waals surface area contributed by atoms with Gasteiger partial charge in [0.2, 0.25) is 0 Å². The first kappa shape index (κ1) is 36.7. The third-order valence-electron chi connectivity index (χ3n) is 6.17. The maximum Gasteiger partial charge on any atom is 0.410 e. The van der Waals surface area contributed by atoms with Crippen LogP contribution in [0.5, 0.6) is 0 Å². The highest BCUT2D eigenvalue weighted by Crippen LogP contribution is 2.14. The number of benzene rings is 2. The van der Waals surface area contributed by atoms with E-state index in [9.17, 15) is 14.4 Å². The monoisotopic (exact) mass is 628 g/mol. The molecule has 41 heavy (non-hydrogen) atoms. The third-order valence-corrected chi connectivity index (χ3v) is 6.39. The van der Waals surface area contributed by atoms with Crippen molar-refractivity contribution < 1.29 is 19.1 Å². The zero-order valence-corrected chi connectivity index (χ0v) is 26.8. The van der Waals surface area contributed by atoms with Gasteiger partial charge in [-0.2, -0.15) is 0 Å². The maximum atomic E-state index is 12.0. The number of nitrogens with one attached hydrogen (secondary N) is 2. The standard InChI is InChI=1S/C12H16N2O.C10H20N2O2.C7H5ClO.CH2Cl2/c1-13-11-7-8-14(9-11)12(15)10-5-3-2-4-6-10;1-10(2,3)14-9(13)12(4)8-5-6-11-7-8;8-7(9)6-4-2-1-3-5-6;2-1-3/h2-6,11,13H,7-9H2,1H3;8,11H,5-7H2,1-4H3;1-5H;1H2. The van der Waals surface area contributed by atoms with Crippen molar-refractivity contribution in [2.24, 2.45) is 0 Å². The van der Waals surface area contributed by atoms with Crippen LogP contribution in [0.1, 0.15) is 54.3 Å². The number of amides is 2. The van der Waals surface area contributed by atoms with Crippen LogP contribution in [0, 0.1) is 0 Å². The van der Waals surface area contributed by atoms with Gasteiger partial charge in [-0.05, 0) is 70.9 Å². The van der Waals surface area contributed by atoms with Crippen LogP contribution in [-0.4, -0.2) is 90.3 Å². The lowest BCUT2D eigenvalue weighted by molar-refractivity contribution is 0.0236. The number of carbonyl (C=O) groups excluding carboxylic acids is 3. The largest absolute Gasteiger partial charge is 0.444 e. The second kappa shape index (κ2) is 19.7. The summed E-state index contributed by atoms with van der Waals surface area (Å²) in [6.45, 7) is 9.18. The van der Waals surface area contributed by atoms with E-state index in [1.165, 1.54) is 0 Å². The Kier molecular flexibility index (Phi) is 17.6. The molecule has 0 aromatic heterocycles. The normalized spacial score (nSPS) is 17.5. The first-order valence-corrected chi connectivity index (χ1v) is 14.9. The van der Waals surface area contributed by atoms with Gasteiger partial charge in [-0.3, -0.25) is 9.59 Å². The molecule has 2 aliphatic heterocycles. The van der Waals surface area contributed by atoms with E-state index in [0.717, 1.165) is 44.6 Å². The summed E-state index contributed by atoms with van der Waals surface area (Å²) in [7, 11) is 3.74. The number of hydrogen-bond acceptors (Lipinski definition) is 6. The summed E-state index contributed by atoms with van der Waals surface area (Å²) < 4.78 is 5.27. The number of likely N-dealkylation sites (N-methyl/N-ethyl adjacent to an activating group) is 2. The molecule has 2 aromatic rings. The van der Waals surface area contributed by atoms with Gasteiger partial charge in [0.05, 0.1) is 5.34 Å². The van der Waals surface area contributed by atoms with Crippen molar-refractivity contribution in [3.63, 3.8) is 0 Å². The van der Waals surface area contributed by atoms with E-state index in [2.05, 4.69) is 10.6 Å². The van der Waals surface area contributed by atoms with E-state index in [0.29, 0.717) is 11.6 Å². The SMILES string of the molecule is CN(C(=O)OC(C)(C)C)C1CCNC1.CNC1CCN(C(=O)c2ccccc2)C1.ClCCl.O=C(Cl)c1ccccc1. The smallest absolute Gasteiger partial charge is 0.410 e. The Morgan fingerprint density at radius 1 is 1.00 bits per heavy atom. The second-order valence-corrected chi connectivity index (χ2v) is 11.5. The van der Waals surface area contributed by atoms with E-state index in [4.69, 9.17) is 39.5 Å². The first-order valence-electron chi connectivity index (χ1n) is 13.5. The molecule has 2 atom stereocenters. The number of halogens is 3. The Bertz CT molecular complexity index is 1030. The molecule has 2 amide bonds. The fourth-order valence-electron chi connectivity index (χ4n) is 3.97. The molecule has 2 aromatic carbocycles. The van der Waals surface area contributed by atoms with Gasteiger partial charge >= 0.3 is 6.09 Å². The number of ether oxygens (including phenoxy) is 1. The van der Waals surface area contributed by atoms with Crippen molar-refractivity contribution in [2.75, 3.05) is 45.6 Å². The lowest BCUT2D eigenvalue weighted by Crippen LogP contribution is -2.41. The van der Waals surface area contributed by atoms with Crippen molar-refractivity contribution in [1.82, 2.24) is 20.4 Å². The molecule has 2 fully saturated rings. The summed E-state index contributed by atoms with van der Waals surface area (Å²) in [5.41, 5.74) is 0.922. The Hall–Kier alpha value is -2.36. The number of nitrogens with zero attached hydrogens (tertiary/aromatic N) is 2. The highest BCUT2D eigenvalue weighted by Gasteiger charge is 2.27. The van der Waals surface area contributed by atoms with Gasteiger partial charge in [0.15, 0.2) is 0 Å². The van der Waals surface area contributed by atoms with Gasteiger partial charge in [-0.1, -0.05) is 48.5 Å². The molecule has 2 unspecified atom stereocenters. The van der Waals surface area contributed by atoms with Gasteiger partial charge in [-0.25, -0.2) is 4.79 Å². The number of carbonyl (C=O) groups is 3. The predicted molar refractivity (Wildman–Crippen MR) is 168 cm³/mol. The Balaban J connectivity index is 0.000000301. The molecule has 2 aliphatic rings. The van der Waals surface area contributed by atoms with Gasteiger partial charge < -0.3 is 25.2 Å². The summed E-state index contributed by atoms with van der Waals surface area (Å²) in [5, 5.41) is 6.22. The van der Waals surface area contributed by atoms with Crippen LogP contribution in [-0.2, 0) is 4.74 Å². The summed E-state index contributed by atoms with van der Waals surface area (Å²) in [4.78, 5) is 37.6. The molecule has 2 N–H and O–H groups in total. The van der Waals surface area contributed by atoms with Crippen LogP contribution in [0.15, 0.2) is 60.7 Å². The molecule has 0 aliphatic carbocycles. The number of hydrogen-bond donors (Lipinski definition) is 2. The van der Waals surface area contributed by atoms with Crippen LogP contribution in [0.2, 0.25) is 0 Å². The molecule has 4 rings (SSSR count). The number of rotatable bonds is 4. The molecule has 0 spiro atoms. The zero-order chi connectivity index (χ0) is 30.8. The molecule has 11 heteroatoms. The van der Waals surface area contributed by atoms with Crippen molar-refractivity contribution in [3.8, 4) is 0 Å². The zero-order valence-electron chi connectivity index (χ0n) is 24.5. The minimum absolute atomic E-state index is 0.147. The fraction of sp³-hybridized carbons (Fsp3) is 0.500. The van der Waals surface area contributed by atoms with E-state index in [-0.39, 0.29) is 23.4 Å². The molecule has 0 bridgehead atoms. The summed E-state index contributed by atoms with van der Waals surface area (Å²) in [6, 6.07) is 18.9. The van der Waals surface area contributed by atoms with Gasteiger partial charge in [0.25, 0.3) is 11.1 Å². The number of alkyl halides is 2. The molecule has 2 saturated heterocycles. The molecule has 228 valence electrons. The third kappa shape index (κ3) is 14.9. The van der Waals surface area contributed by atoms with Gasteiger partial charge in [0.1, 0.15) is 5.60 Å². The van der Waals surface area contributed by atoms with Crippen LogP contribution >= 0.6 is 34.8 Å². The average Bonchev–Trinajstić information content (AvgIpc) is 3.66. The molecule has 0 radical (unpaired) electrons. The lowest BCUT2D eigenvalue weighted by Gasteiger charge is -2.28. The van der Waals surface area contributed by atoms with E-state index < -0.39 is 10.8 Å². The topological polar surface area (TPSA) is 91.0 Å².